The van der Waals surface area contributed by atoms with E-state index >= 15 is 0 Å². The van der Waals surface area contributed by atoms with E-state index in [-0.39, 0.29) is 5.82 Å². The Hall–Kier alpha value is -3.41. The number of carbonyl (C=O) groups is 1. The minimum atomic E-state index is -0.780. The summed E-state index contributed by atoms with van der Waals surface area (Å²) in [6.07, 6.45) is 2.71. The molecule has 1 aliphatic rings. The van der Waals surface area contributed by atoms with Crippen molar-refractivity contribution < 1.29 is 23.1 Å². The highest BCUT2D eigenvalue weighted by Crippen LogP contribution is 2.37. The zero-order chi connectivity index (χ0) is 20.6. The summed E-state index contributed by atoms with van der Waals surface area (Å²) >= 11 is 0. The van der Waals surface area contributed by atoms with E-state index < -0.39 is 23.3 Å². The molecule has 5 nitrogen and oxygen atoms in total. The molecule has 1 aromatic heterocycles. The summed E-state index contributed by atoms with van der Waals surface area (Å²) in [5, 5.41) is 0.766. The maximum absolute atomic E-state index is 13.2. The van der Waals surface area contributed by atoms with E-state index in [4.69, 9.17) is 13.9 Å². The van der Waals surface area contributed by atoms with Crippen LogP contribution in [0, 0.1) is 5.82 Å². The first-order valence-corrected chi connectivity index (χ1v) is 9.20. The molecule has 0 unspecified atom stereocenters. The summed E-state index contributed by atoms with van der Waals surface area (Å²) in [5.74, 6) is -0.312. The lowest BCUT2D eigenvalue weighted by Gasteiger charge is -2.39. The number of hydrogen-bond acceptors (Lipinski definition) is 5. The monoisotopic (exact) mass is 394 g/mol. The maximum atomic E-state index is 13.2. The van der Waals surface area contributed by atoms with Crippen LogP contribution in [0.3, 0.4) is 0 Å². The number of hydrogen-bond donors (Lipinski definition) is 0. The minimum Gasteiger partial charge on any atom is -0.484 e. The van der Waals surface area contributed by atoms with Crippen LogP contribution in [-0.4, -0.2) is 17.7 Å². The fraction of sp³-hybridized carbons (Fsp3) is 0.217. The Balaban J connectivity index is 1.55. The van der Waals surface area contributed by atoms with Crippen molar-refractivity contribution in [3.8, 4) is 5.75 Å². The molecule has 1 aliphatic heterocycles. The van der Waals surface area contributed by atoms with Crippen molar-refractivity contribution in [1.82, 2.24) is 0 Å². The molecule has 0 bridgehead atoms. The lowest BCUT2D eigenvalue weighted by atomic mass is 9.90. The highest BCUT2D eigenvalue weighted by atomic mass is 19.1. The first kappa shape index (κ1) is 18.9. The van der Waals surface area contributed by atoms with Gasteiger partial charge in [-0.1, -0.05) is 12.1 Å². The first-order chi connectivity index (χ1) is 13.8. The molecule has 0 saturated carbocycles. The van der Waals surface area contributed by atoms with E-state index in [1.165, 1.54) is 30.4 Å². The van der Waals surface area contributed by atoms with Crippen molar-refractivity contribution in [3.05, 3.63) is 82.0 Å². The molecular weight excluding hydrogens is 375 g/mol. The molecule has 0 N–H and O–H groups in total. The fourth-order valence-corrected chi connectivity index (χ4v) is 3.33. The van der Waals surface area contributed by atoms with E-state index in [2.05, 4.69) is 0 Å². The minimum absolute atomic E-state index is 0.373. The number of carbonyl (C=O) groups excluding carboxylic acids is 1. The van der Waals surface area contributed by atoms with Crippen LogP contribution in [0.5, 0.6) is 5.75 Å². The van der Waals surface area contributed by atoms with Gasteiger partial charge in [-0.15, -0.1) is 0 Å². The molecule has 3 aromatic rings. The van der Waals surface area contributed by atoms with Gasteiger partial charge in [-0.25, -0.2) is 14.0 Å². The van der Waals surface area contributed by atoms with Crippen LogP contribution in [0.1, 0.15) is 25.0 Å². The van der Waals surface area contributed by atoms with Crippen LogP contribution in [0.15, 0.2) is 63.8 Å². The highest BCUT2D eigenvalue weighted by molar-refractivity contribution is 5.87. The SMILES string of the molecule is CC1(C)Oc2cc3oc(=O)ccc3cc2C[C@@H]1OC(=O)C=Cc1cccc(F)c1. The Morgan fingerprint density at radius 3 is 2.83 bits per heavy atom. The van der Waals surface area contributed by atoms with Gasteiger partial charge >= 0.3 is 11.6 Å². The average Bonchev–Trinajstić information content (AvgIpc) is 2.65. The predicted octanol–water partition coefficient (Wildman–Crippen LogP) is 4.27. The summed E-state index contributed by atoms with van der Waals surface area (Å²) in [6.45, 7) is 3.66. The Morgan fingerprint density at radius 1 is 1.21 bits per heavy atom. The molecule has 0 spiro atoms. The molecule has 0 amide bonds. The molecular formula is C23H19FO5. The van der Waals surface area contributed by atoms with E-state index in [0.717, 1.165) is 10.9 Å². The summed E-state index contributed by atoms with van der Waals surface area (Å²) in [7, 11) is 0. The van der Waals surface area contributed by atoms with Gasteiger partial charge in [0.25, 0.3) is 0 Å². The van der Waals surface area contributed by atoms with Crippen LogP contribution in [-0.2, 0) is 16.0 Å². The zero-order valence-electron chi connectivity index (χ0n) is 16.0. The van der Waals surface area contributed by atoms with Crippen LogP contribution >= 0.6 is 0 Å². The molecule has 0 radical (unpaired) electrons. The Kier molecular flexibility index (Phi) is 4.70. The van der Waals surface area contributed by atoms with Crippen LogP contribution in [0.25, 0.3) is 17.0 Å². The van der Waals surface area contributed by atoms with Gasteiger partial charge in [-0.3, -0.25) is 0 Å². The number of benzene rings is 2. The normalized spacial score (nSPS) is 17.7. The highest BCUT2D eigenvalue weighted by Gasteiger charge is 2.39. The smallest absolute Gasteiger partial charge is 0.336 e. The standard InChI is InChI=1S/C23H19FO5/c1-23(2)20(28-22(26)8-6-14-4-3-5-17(24)10-14)12-16-11-15-7-9-21(25)27-18(15)13-19(16)29-23/h3-11,13,20H,12H2,1-2H3/t20-/m0/s1. The molecule has 0 aliphatic carbocycles. The van der Waals surface area contributed by atoms with E-state index in [1.54, 1.807) is 24.3 Å². The first-order valence-electron chi connectivity index (χ1n) is 9.20. The number of rotatable bonds is 3. The predicted molar refractivity (Wildman–Crippen MR) is 106 cm³/mol. The quantitative estimate of drug-likeness (QED) is 0.377. The van der Waals surface area contributed by atoms with Gasteiger partial charge < -0.3 is 13.9 Å². The summed E-state index contributed by atoms with van der Waals surface area (Å²) in [5.41, 5.74) is 0.667. The number of halogens is 1. The third kappa shape index (κ3) is 4.06. The van der Waals surface area contributed by atoms with Crippen LogP contribution < -0.4 is 10.4 Å². The second kappa shape index (κ2) is 7.20. The molecule has 2 heterocycles. The lowest BCUT2D eigenvalue weighted by Crippen LogP contribution is -2.48. The average molecular weight is 394 g/mol. The molecule has 4 rings (SSSR count). The second-order valence-corrected chi connectivity index (χ2v) is 7.48. The van der Waals surface area contributed by atoms with Crippen molar-refractivity contribution in [2.24, 2.45) is 0 Å². The molecule has 6 heteroatoms. The summed E-state index contributed by atoms with van der Waals surface area (Å²) in [6, 6.07) is 12.5. The molecule has 2 aromatic carbocycles. The van der Waals surface area contributed by atoms with Crippen LogP contribution in [0.2, 0.25) is 0 Å². The topological polar surface area (TPSA) is 65.7 Å². The van der Waals surface area contributed by atoms with Crippen molar-refractivity contribution in [2.75, 3.05) is 0 Å². The van der Waals surface area contributed by atoms with Gasteiger partial charge in [-0.2, -0.15) is 0 Å². The van der Waals surface area contributed by atoms with Crippen molar-refractivity contribution in [3.63, 3.8) is 0 Å². The third-order valence-corrected chi connectivity index (χ3v) is 4.88. The maximum Gasteiger partial charge on any atom is 0.336 e. The Labute approximate surface area is 166 Å². The van der Waals surface area contributed by atoms with Gasteiger partial charge in [0.15, 0.2) is 0 Å². The van der Waals surface area contributed by atoms with Gasteiger partial charge in [0.2, 0.25) is 0 Å². The summed E-state index contributed by atoms with van der Waals surface area (Å²) in [4.78, 5) is 23.8. The van der Waals surface area contributed by atoms with Gasteiger partial charge in [0.1, 0.15) is 28.9 Å². The van der Waals surface area contributed by atoms with E-state index in [1.807, 2.05) is 19.9 Å². The van der Waals surface area contributed by atoms with E-state index in [9.17, 15) is 14.0 Å². The van der Waals surface area contributed by atoms with Crippen molar-refractivity contribution in [1.29, 1.82) is 0 Å². The van der Waals surface area contributed by atoms with Gasteiger partial charge in [0.05, 0.1) is 0 Å². The van der Waals surface area contributed by atoms with Crippen molar-refractivity contribution in [2.45, 2.75) is 32.0 Å². The molecule has 1 atom stereocenters. The third-order valence-electron chi connectivity index (χ3n) is 4.88. The molecule has 29 heavy (non-hydrogen) atoms. The largest absolute Gasteiger partial charge is 0.484 e. The number of ether oxygens (including phenoxy) is 2. The number of fused-ring (bicyclic) bond motifs is 2. The zero-order valence-corrected chi connectivity index (χ0v) is 16.0. The Bertz CT molecular complexity index is 1180. The Morgan fingerprint density at radius 2 is 2.03 bits per heavy atom. The van der Waals surface area contributed by atoms with Gasteiger partial charge in [-0.05, 0) is 55.3 Å². The molecule has 0 saturated heterocycles. The molecule has 148 valence electrons. The molecule has 0 fully saturated rings. The lowest BCUT2D eigenvalue weighted by molar-refractivity contribution is -0.155. The fourth-order valence-electron chi connectivity index (χ4n) is 3.33. The van der Waals surface area contributed by atoms with E-state index in [0.29, 0.717) is 23.3 Å². The second-order valence-electron chi connectivity index (χ2n) is 7.48. The summed E-state index contributed by atoms with van der Waals surface area (Å²) < 4.78 is 30.1. The van der Waals surface area contributed by atoms with Gasteiger partial charge in [0, 0.05) is 30.0 Å². The van der Waals surface area contributed by atoms with Crippen LogP contribution in [0.4, 0.5) is 4.39 Å². The number of esters is 1. The van der Waals surface area contributed by atoms with Crippen molar-refractivity contribution >= 4 is 23.0 Å².